The van der Waals surface area contributed by atoms with Gasteiger partial charge in [-0.2, -0.15) is 17.9 Å². The summed E-state index contributed by atoms with van der Waals surface area (Å²) in [6, 6.07) is 15.5. The standard InChI is InChI=1S/C24H28N2O6S/c1-24(2,11-13-31-21(28)16-33)22(19-5-3-4-6-20(19)30-14-12-27)32-23(29)26-18-9-7-17(15-25)8-10-18/h3-10,22,27,33H,11-14,16H2,1-2H3,(H,26,29)/t22-/m0/s1. The number of amides is 1. The van der Waals surface area contributed by atoms with Crippen LogP contribution in [-0.4, -0.2) is 42.7 Å². The largest absolute Gasteiger partial charge is 0.491 e. The molecular weight excluding hydrogens is 444 g/mol. The van der Waals surface area contributed by atoms with Crippen molar-refractivity contribution in [3.05, 3.63) is 59.7 Å². The summed E-state index contributed by atoms with van der Waals surface area (Å²) in [4.78, 5) is 24.3. The highest BCUT2D eigenvalue weighted by molar-refractivity contribution is 7.81. The molecule has 2 aromatic carbocycles. The Bertz CT molecular complexity index is 972. The van der Waals surface area contributed by atoms with Crippen molar-refractivity contribution in [2.75, 3.05) is 30.9 Å². The van der Waals surface area contributed by atoms with Crippen molar-refractivity contribution in [1.82, 2.24) is 0 Å². The zero-order chi connectivity index (χ0) is 24.3. The molecule has 1 amide bonds. The normalized spacial score (nSPS) is 11.7. The highest BCUT2D eigenvalue weighted by Gasteiger charge is 2.36. The third-order valence-electron chi connectivity index (χ3n) is 4.88. The van der Waals surface area contributed by atoms with Crippen molar-refractivity contribution < 1.29 is 28.9 Å². The minimum atomic E-state index is -0.763. The molecular formula is C24H28N2O6S. The molecule has 8 nitrogen and oxygen atoms in total. The number of carbonyl (C=O) groups excluding carboxylic acids is 2. The number of rotatable bonds is 11. The number of aliphatic hydroxyl groups is 1. The van der Waals surface area contributed by atoms with Crippen molar-refractivity contribution in [2.45, 2.75) is 26.4 Å². The molecule has 0 aliphatic heterocycles. The van der Waals surface area contributed by atoms with Crippen molar-refractivity contribution in [2.24, 2.45) is 5.41 Å². The van der Waals surface area contributed by atoms with Crippen molar-refractivity contribution >= 4 is 30.4 Å². The SMILES string of the molecule is CC(C)(CCOC(=O)CS)[C@@H](OC(=O)Nc1ccc(C#N)cc1)c1ccccc1OCCO. The van der Waals surface area contributed by atoms with Gasteiger partial charge in [-0.05, 0) is 36.8 Å². The smallest absolute Gasteiger partial charge is 0.412 e. The summed E-state index contributed by atoms with van der Waals surface area (Å²) in [5.74, 6) is 0.0190. The lowest BCUT2D eigenvalue weighted by molar-refractivity contribution is -0.141. The van der Waals surface area contributed by atoms with E-state index < -0.39 is 23.6 Å². The van der Waals surface area contributed by atoms with Gasteiger partial charge in [-0.15, -0.1) is 0 Å². The van der Waals surface area contributed by atoms with E-state index in [0.717, 1.165) is 0 Å². The lowest BCUT2D eigenvalue weighted by Crippen LogP contribution is -2.31. The summed E-state index contributed by atoms with van der Waals surface area (Å²) in [6.07, 6.45) is -1.06. The number of anilines is 1. The maximum atomic E-state index is 12.8. The number of benzene rings is 2. The van der Waals surface area contributed by atoms with Crippen LogP contribution in [0.4, 0.5) is 10.5 Å². The second-order valence-corrected chi connectivity index (χ2v) is 8.14. The fraction of sp³-hybridized carbons (Fsp3) is 0.375. The maximum absolute atomic E-state index is 12.8. The van der Waals surface area contributed by atoms with Gasteiger partial charge in [0.1, 0.15) is 18.5 Å². The van der Waals surface area contributed by atoms with Gasteiger partial charge in [-0.1, -0.05) is 32.0 Å². The Balaban J connectivity index is 2.27. The molecule has 33 heavy (non-hydrogen) atoms. The zero-order valence-electron chi connectivity index (χ0n) is 18.6. The second-order valence-electron chi connectivity index (χ2n) is 7.83. The average Bonchev–Trinajstić information content (AvgIpc) is 2.81. The number of nitriles is 1. The number of esters is 1. The lowest BCUT2D eigenvalue weighted by atomic mass is 9.79. The summed E-state index contributed by atoms with van der Waals surface area (Å²) >= 11 is 3.90. The summed E-state index contributed by atoms with van der Waals surface area (Å²) in [5.41, 5.74) is 0.908. The Morgan fingerprint density at radius 3 is 2.48 bits per heavy atom. The van der Waals surface area contributed by atoms with Crippen LogP contribution in [0.2, 0.25) is 0 Å². The summed E-state index contributed by atoms with van der Waals surface area (Å²) in [5, 5.41) is 20.8. The van der Waals surface area contributed by atoms with Gasteiger partial charge in [-0.3, -0.25) is 10.1 Å². The fourth-order valence-electron chi connectivity index (χ4n) is 3.12. The highest BCUT2D eigenvalue weighted by atomic mass is 32.1. The number of carbonyl (C=O) groups is 2. The number of ether oxygens (including phenoxy) is 3. The molecule has 176 valence electrons. The summed E-state index contributed by atoms with van der Waals surface area (Å²) in [7, 11) is 0. The van der Waals surface area contributed by atoms with Crippen LogP contribution < -0.4 is 10.1 Å². The number of thiol groups is 1. The van der Waals surface area contributed by atoms with E-state index in [-0.39, 0.29) is 25.6 Å². The van der Waals surface area contributed by atoms with E-state index in [9.17, 15) is 9.59 Å². The molecule has 1 atom stereocenters. The Morgan fingerprint density at radius 2 is 1.85 bits per heavy atom. The second kappa shape index (κ2) is 12.7. The molecule has 0 heterocycles. The Hall–Kier alpha value is -3.22. The third kappa shape index (κ3) is 8.00. The number of hydrogen-bond donors (Lipinski definition) is 3. The average molecular weight is 473 g/mol. The third-order valence-corrected chi connectivity index (χ3v) is 5.14. The van der Waals surface area contributed by atoms with Gasteiger partial charge in [0.15, 0.2) is 0 Å². The molecule has 0 aromatic heterocycles. The van der Waals surface area contributed by atoms with Crippen LogP contribution in [0.5, 0.6) is 5.75 Å². The number of hydrogen-bond acceptors (Lipinski definition) is 8. The van der Waals surface area contributed by atoms with Gasteiger partial charge in [0.05, 0.1) is 30.6 Å². The van der Waals surface area contributed by atoms with Gasteiger partial charge in [0, 0.05) is 16.7 Å². The number of nitrogens with zero attached hydrogens (tertiary/aromatic N) is 1. The molecule has 0 fully saturated rings. The monoisotopic (exact) mass is 472 g/mol. The summed E-state index contributed by atoms with van der Waals surface area (Å²) < 4.78 is 16.7. The van der Waals surface area contributed by atoms with Crippen LogP contribution in [0.15, 0.2) is 48.5 Å². The Morgan fingerprint density at radius 1 is 1.15 bits per heavy atom. The number of para-hydroxylation sites is 1. The van der Waals surface area contributed by atoms with Crippen molar-refractivity contribution in [3.63, 3.8) is 0 Å². The van der Waals surface area contributed by atoms with Crippen LogP contribution in [0, 0.1) is 16.7 Å². The van der Waals surface area contributed by atoms with Crippen LogP contribution in [0.25, 0.3) is 0 Å². The zero-order valence-corrected chi connectivity index (χ0v) is 19.5. The molecule has 2 rings (SSSR count). The molecule has 0 aliphatic rings. The van der Waals surface area contributed by atoms with Gasteiger partial charge < -0.3 is 19.3 Å². The molecule has 0 aliphatic carbocycles. The van der Waals surface area contributed by atoms with E-state index in [4.69, 9.17) is 24.6 Å². The maximum Gasteiger partial charge on any atom is 0.412 e. The molecule has 0 bridgehead atoms. The molecule has 2 aromatic rings. The lowest BCUT2D eigenvalue weighted by Gasteiger charge is -2.34. The molecule has 2 N–H and O–H groups in total. The van der Waals surface area contributed by atoms with Gasteiger partial charge in [0.2, 0.25) is 0 Å². The molecule has 0 saturated carbocycles. The van der Waals surface area contributed by atoms with Gasteiger partial charge >= 0.3 is 12.1 Å². The predicted molar refractivity (Wildman–Crippen MR) is 126 cm³/mol. The van der Waals surface area contributed by atoms with Gasteiger partial charge in [0.25, 0.3) is 0 Å². The summed E-state index contributed by atoms with van der Waals surface area (Å²) in [6.45, 7) is 3.83. The number of nitrogens with one attached hydrogen (secondary N) is 1. The first kappa shape index (κ1) is 26.0. The molecule has 0 radical (unpaired) electrons. The van der Waals surface area contributed by atoms with E-state index in [1.54, 1.807) is 48.5 Å². The van der Waals surface area contributed by atoms with E-state index in [0.29, 0.717) is 29.0 Å². The Kier molecular flexibility index (Phi) is 10.0. The fourth-order valence-corrected chi connectivity index (χ4v) is 3.21. The van der Waals surface area contributed by atoms with E-state index in [2.05, 4.69) is 17.9 Å². The highest BCUT2D eigenvalue weighted by Crippen LogP contribution is 2.43. The topological polar surface area (TPSA) is 118 Å². The van der Waals surface area contributed by atoms with E-state index >= 15 is 0 Å². The molecule has 9 heteroatoms. The van der Waals surface area contributed by atoms with E-state index in [1.165, 1.54) is 0 Å². The predicted octanol–water partition coefficient (Wildman–Crippen LogP) is 4.11. The van der Waals surface area contributed by atoms with Crippen LogP contribution in [-0.2, 0) is 14.3 Å². The van der Waals surface area contributed by atoms with Crippen molar-refractivity contribution in [1.29, 1.82) is 5.26 Å². The van der Waals surface area contributed by atoms with Crippen LogP contribution in [0.3, 0.4) is 0 Å². The minimum absolute atomic E-state index is 0.0226. The quantitative estimate of drug-likeness (QED) is 0.333. The first-order valence-corrected chi connectivity index (χ1v) is 11.0. The molecule has 0 spiro atoms. The van der Waals surface area contributed by atoms with Crippen LogP contribution >= 0.6 is 12.6 Å². The Labute approximate surface area is 198 Å². The minimum Gasteiger partial charge on any atom is -0.491 e. The first-order valence-electron chi connectivity index (χ1n) is 10.4. The first-order chi connectivity index (χ1) is 15.8. The molecule has 0 unspecified atom stereocenters. The van der Waals surface area contributed by atoms with Crippen molar-refractivity contribution in [3.8, 4) is 11.8 Å². The molecule has 0 saturated heterocycles. The van der Waals surface area contributed by atoms with Gasteiger partial charge in [-0.25, -0.2) is 4.79 Å². The van der Waals surface area contributed by atoms with Crippen LogP contribution in [0.1, 0.15) is 37.5 Å². The van der Waals surface area contributed by atoms with E-state index in [1.807, 2.05) is 19.9 Å². The number of aliphatic hydroxyl groups excluding tert-OH is 1.